The minimum Gasteiger partial charge on any atom is -0.321 e. The van der Waals surface area contributed by atoms with Crippen LogP contribution in [0.25, 0.3) is 0 Å². The quantitative estimate of drug-likeness (QED) is 0.781. The van der Waals surface area contributed by atoms with Crippen molar-refractivity contribution in [1.29, 1.82) is 0 Å². The Morgan fingerprint density at radius 3 is 2.63 bits per heavy atom. The summed E-state index contributed by atoms with van der Waals surface area (Å²) in [6.07, 6.45) is 3.06. The molecule has 3 nitrogen and oxygen atoms in total. The van der Waals surface area contributed by atoms with E-state index in [9.17, 15) is 18.0 Å². The van der Waals surface area contributed by atoms with Crippen LogP contribution in [0.3, 0.4) is 0 Å². The summed E-state index contributed by atoms with van der Waals surface area (Å²) in [5.41, 5.74) is -0.327. The summed E-state index contributed by atoms with van der Waals surface area (Å²) in [6, 6.07) is 1.57. The van der Waals surface area contributed by atoms with Gasteiger partial charge in [-0.2, -0.15) is 0 Å². The highest BCUT2D eigenvalue weighted by atomic mass is 19.2. The normalized spacial score (nSPS) is 24.9. The number of halogens is 3. The van der Waals surface area contributed by atoms with Gasteiger partial charge in [-0.05, 0) is 37.3 Å². The van der Waals surface area contributed by atoms with Crippen LogP contribution in [0, 0.1) is 23.4 Å². The fraction of sp³-hybridized carbons (Fsp3) is 0.462. The van der Waals surface area contributed by atoms with E-state index in [0.717, 1.165) is 31.4 Å². The molecule has 102 valence electrons. The second kappa shape index (κ2) is 4.43. The van der Waals surface area contributed by atoms with Crippen molar-refractivity contribution in [1.82, 2.24) is 4.90 Å². The van der Waals surface area contributed by atoms with Gasteiger partial charge in [0.1, 0.15) is 0 Å². The summed E-state index contributed by atoms with van der Waals surface area (Å²) in [4.78, 5) is 13.6. The molecule has 0 aromatic heterocycles. The van der Waals surface area contributed by atoms with Gasteiger partial charge >= 0.3 is 6.03 Å². The van der Waals surface area contributed by atoms with Crippen molar-refractivity contribution in [2.24, 2.45) is 5.92 Å². The first-order chi connectivity index (χ1) is 9.06. The first kappa shape index (κ1) is 12.3. The van der Waals surface area contributed by atoms with E-state index in [1.165, 1.54) is 0 Å². The average Bonchev–Trinajstić information content (AvgIpc) is 3.02. The standard InChI is InChI=1S/C13H13F3N2O/c14-9-3-4-10(12(16)11(9)15)17-13(19)18-6-7-1-2-8(18)5-7/h3-4,7-8H,1-2,5-6H2,(H,17,19)/t7-,8-/m0/s1. The molecule has 6 heteroatoms. The Morgan fingerprint density at radius 1 is 1.21 bits per heavy atom. The van der Waals surface area contributed by atoms with Crippen LogP contribution in [-0.2, 0) is 0 Å². The molecule has 0 radical (unpaired) electrons. The first-order valence-electron chi connectivity index (χ1n) is 6.27. The molecular formula is C13H13F3N2O. The molecule has 1 aromatic rings. The minimum atomic E-state index is -1.57. The number of anilines is 1. The van der Waals surface area contributed by atoms with Crippen molar-refractivity contribution in [2.45, 2.75) is 25.3 Å². The molecule has 1 saturated heterocycles. The first-order valence-corrected chi connectivity index (χ1v) is 6.27. The lowest BCUT2D eigenvalue weighted by molar-refractivity contribution is 0.194. The summed E-state index contributed by atoms with van der Waals surface area (Å²) in [5.74, 6) is -3.68. The zero-order chi connectivity index (χ0) is 13.6. The van der Waals surface area contributed by atoms with Crippen LogP contribution < -0.4 is 5.32 Å². The van der Waals surface area contributed by atoms with E-state index in [4.69, 9.17) is 0 Å². The second-order valence-corrected chi connectivity index (χ2v) is 5.14. The number of amides is 2. The van der Waals surface area contributed by atoms with Gasteiger partial charge in [0.2, 0.25) is 0 Å². The Bertz CT molecular complexity index is 535. The second-order valence-electron chi connectivity index (χ2n) is 5.14. The summed E-state index contributed by atoms with van der Waals surface area (Å²) in [6.45, 7) is 0.655. The topological polar surface area (TPSA) is 32.3 Å². The molecule has 1 heterocycles. The van der Waals surface area contributed by atoms with Crippen molar-refractivity contribution >= 4 is 11.7 Å². The largest absolute Gasteiger partial charge is 0.322 e. The number of rotatable bonds is 1. The molecule has 1 aromatic carbocycles. The lowest BCUT2D eigenvalue weighted by Gasteiger charge is -2.27. The summed E-state index contributed by atoms with van der Waals surface area (Å²) in [7, 11) is 0. The number of carbonyl (C=O) groups is 1. The van der Waals surface area contributed by atoms with E-state index in [2.05, 4.69) is 5.32 Å². The zero-order valence-corrected chi connectivity index (χ0v) is 10.1. The van der Waals surface area contributed by atoms with Gasteiger partial charge in [-0.25, -0.2) is 18.0 Å². The van der Waals surface area contributed by atoms with Crippen LogP contribution in [0.2, 0.25) is 0 Å². The SMILES string of the molecule is O=C(Nc1ccc(F)c(F)c1F)N1C[C@H]2CC[C@H]1C2. The van der Waals surface area contributed by atoms with Gasteiger partial charge in [0.05, 0.1) is 5.69 Å². The van der Waals surface area contributed by atoms with Gasteiger partial charge in [0, 0.05) is 12.6 Å². The molecule has 1 aliphatic carbocycles. The van der Waals surface area contributed by atoms with Crippen molar-refractivity contribution in [3.05, 3.63) is 29.6 Å². The molecule has 1 saturated carbocycles. The molecular weight excluding hydrogens is 257 g/mol. The highest BCUT2D eigenvalue weighted by Gasteiger charge is 2.40. The van der Waals surface area contributed by atoms with Crippen LogP contribution >= 0.6 is 0 Å². The number of hydrogen-bond donors (Lipinski definition) is 1. The van der Waals surface area contributed by atoms with Crippen molar-refractivity contribution in [3.63, 3.8) is 0 Å². The molecule has 1 N–H and O–H groups in total. The van der Waals surface area contributed by atoms with Crippen molar-refractivity contribution in [2.75, 3.05) is 11.9 Å². The Balaban J connectivity index is 1.75. The van der Waals surface area contributed by atoms with E-state index in [1.807, 2.05) is 0 Å². The molecule has 2 bridgehead atoms. The molecule has 2 atom stereocenters. The molecule has 2 aliphatic rings. The van der Waals surface area contributed by atoms with E-state index in [0.29, 0.717) is 12.5 Å². The maximum absolute atomic E-state index is 13.4. The number of piperidine rings is 1. The van der Waals surface area contributed by atoms with Crippen molar-refractivity contribution in [3.8, 4) is 0 Å². The van der Waals surface area contributed by atoms with E-state index >= 15 is 0 Å². The Morgan fingerprint density at radius 2 is 2.00 bits per heavy atom. The fourth-order valence-corrected chi connectivity index (χ4v) is 2.98. The van der Waals surface area contributed by atoms with Gasteiger partial charge in [0.15, 0.2) is 17.5 Å². The lowest BCUT2D eigenvalue weighted by atomic mass is 10.1. The number of fused-ring (bicyclic) bond motifs is 2. The minimum absolute atomic E-state index is 0.193. The van der Waals surface area contributed by atoms with Gasteiger partial charge < -0.3 is 10.2 Å². The number of likely N-dealkylation sites (tertiary alicyclic amines) is 1. The average molecular weight is 270 g/mol. The predicted molar refractivity (Wildman–Crippen MR) is 63.2 cm³/mol. The van der Waals surface area contributed by atoms with Gasteiger partial charge in [-0.1, -0.05) is 0 Å². The molecule has 3 rings (SSSR count). The molecule has 1 aliphatic heterocycles. The molecule has 0 spiro atoms. The third kappa shape index (κ3) is 2.05. The fourth-order valence-electron chi connectivity index (χ4n) is 2.98. The van der Waals surface area contributed by atoms with Gasteiger partial charge in [0.25, 0.3) is 0 Å². The Hall–Kier alpha value is -1.72. The van der Waals surface area contributed by atoms with Crippen LogP contribution in [0.4, 0.5) is 23.7 Å². The number of carbonyl (C=O) groups excluding carboxylic acids is 1. The van der Waals surface area contributed by atoms with Crippen LogP contribution in [0.1, 0.15) is 19.3 Å². The number of hydrogen-bond acceptors (Lipinski definition) is 1. The Labute approximate surface area is 108 Å². The maximum atomic E-state index is 13.4. The lowest BCUT2D eigenvalue weighted by Crippen LogP contribution is -2.40. The molecule has 0 unspecified atom stereocenters. The van der Waals surface area contributed by atoms with E-state index < -0.39 is 23.5 Å². The predicted octanol–water partition coefficient (Wildman–Crippen LogP) is 3.12. The van der Waals surface area contributed by atoms with Crippen LogP contribution in [-0.4, -0.2) is 23.5 Å². The summed E-state index contributed by atoms with van der Waals surface area (Å²) in [5, 5.41) is 2.31. The maximum Gasteiger partial charge on any atom is 0.322 e. The van der Waals surface area contributed by atoms with Crippen molar-refractivity contribution < 1.29 is 18.0 Å². The zero-order valence-electron chi connectivity index (χ0n) is 10.1. The molecule has 2 fully saturated rings. The summed E-state index contributed by atoms with van der Waals surface area (Å²) < 4.78 is 39.3. The number of nitrogens with zero attached hydrogens (tertiary/aromatic N) is 1. The van der Waals surface area contributed by atoms with Gasteiger partial charge in [-0.15, -0.1) is 0 Å². The number of nitrogens with one attached hydrogen (secondary N) is 1. The number of benzene rings is 1. The van der Waals surface area contributed by atoms with Crippen LogP contribution in [0.5, 0.6) is 0 Å². The molecule has 2 amide bonds. The van der Waals surface area contributed by atoms with E-state index in [1.54, 1.807) is 4.90 Å². The monoisotopic (exact) mass is 270 g/mol. The summed E-state index contributed by atoms with van der Waals surface area (Å²) >= 11 is 0. The highest BCUT2D eigenvalue weighted by molar-refractivity contribution is 5.90. The van der Waals surface area contributed by atoms with Gasteiger partial charge in [-0.3, -0.25) is 0 Å². The molecule has 19 heavy (non-hydrogen) atoms. The Kier molecular flexibility index (Phi) is 2.88. The highest BCUT2D eigenvalue weighted by Crippen LogP contribution is 2.37. The van der Waals surface area contributed by atoms with E-state index in [-0.39, 0.29) is 11.7 Å². The number of urea groups is 1. The smallest absolute Gasteiger partial charge is 0.321 e. The van der Waals surface area contributed by atoms with Crippen LogP contribution in [0.15, 0.2) is 12.1 Å². The third-order valence-electron chi connectivity index (χ3n) is 3.95. The third-order valence-corrected chi connectivity index (χ3v) is 3.95.